The van der Waals surface area contributed by atoms with Crippen LogP contribution in [0.5, 0.6) is 0 Å². The van der Waals surface area contributed by atoms with E-state index in [0.29, 0.717) is 0 Å². The van der Waals surface area contributed by atoms with Crippen molar-refractivity contribution < 1.29 is 22.3 Å². The summed E-state index contributed by atoms with van der Waals surface area (Å²) in [6.45, 7) is -0.418. The van der Waals surface area contributed by atoms with Crippen molar-refractivity contribution in [2.45, 2.75) is 11.7 Å². The van der Waals surface area contributed by atoms with E-state index in [-0.39, 0.29) is 11.4 Å². The Labute approximate surface area is 102 Å². The van der Waals surface area contributed by atoms with Crippen molar-refractivity contribution in [3.8, 4) is 0 Å². The molecule has 8 heteroatoms. The molecule has 6 nitrogen and oxygen atoms in total. The minimum Gasteiger partial charge on any atom is -0.445 e. The zero-order chi connectivity index (χ0) is 13.2. The maximum Gasteiger partial charge on any atom is 0.295 e. The number of aromatic nitrogens is 1. The van der Waals surface area contributed by atoms with Crippen LogP contribution in [0.1, 0.15) is 5.76 Å². The smallest absolute Gasteiger partial charge is 0.295 e. The summed E-state index contributed by atoms with van der Waals surface area (Å²) in [7, 11) is -4.02. The molecule has 2 heterocycles. The average molecular weight is 272 g/mol. The van der Waals surface area contributed by atoms with Crippen LogP contribution in [0.2, 0.25) is 0 Å². The van der Waals surface area contributed by atoms with Gasteiger partial charge < -0.3 is 9.52 Å². The van der Waals surface area contributed by atoms with E-state index in [1.54, 1.807) is 0 Å². The number of aliphatic hydroxyl groups is 1. The SMILES string of the molecule is O=S(=O)(Nc1ccncc1F)c1ccc(CO)o1. The number of pyridine rings is 1. The van der Waals surface area contributed by atoms with Crippen molar-refractivity contribution in [1.29, 1.82) is 0 Å². The molecule has 96 valence electrons. The number of aliphatic hydroxyl groups excluding tert-OH is 1. The number of sulfonamides is 1. The Hall–Kier alpha value is -1.93. The molecule has 0 atom stereocenters. The van der Waals surface area contributed by atoms with Gasteiger partial charge in [-0.3, -0.25) is 9.71 Å². The number of anilines is 1. The molecule has 0 saturated carbocycles. The number of halogens is 1. The lowest BCUT2D eigenvalue weighted by Crippen LogP contribution is -2.13. The minimum absolute atomic E-state index is 0.102. The van der Waals surface area contributed by atoms with Crippen molar-refractivity contribution in [2.24, 2.45) is 0 Å². The number of nitrogens with zero attached hydrogens (tertiary/aromatic N) is 1. The highest BCUT2D eigenvalue weighted by Gasteiger charge is 2.20. The van der Waals surface area contributed by atoms with E-state index in [2.05, 4.69) is 4.98 Å². The molecule has 0 bridgehead atoms. The maximum absolute atomic E-state index is 13.2. The third-order valence-corrected chi connectivity index (χ3v) is 3.31. The molecule has 0 aliphatic heterocycles. The Morgan fingerprint density at radius 1 is 1.39 bits per heavy atom. The molecular formula is C10H9FN2O4S. The van der Waals surface area contributed by atoms with Crippen LogP contribution in [0.25, 0.3) is 0 Å². The summed E-state index contributed by atoms with van der Waals surface area (Å²) in [5.74, 6) is -0.694. The van der Waals surface area contributed by atoms with E-state index >= 15 is 0 Å². The van der Waals surface area contributed by atoms with Crippen LogP contribution < -0.4 is 4.72 Å². The summed E-state index contributed by atoms with van der Waals surface area (Å²) in [6, 6.07) is 3.67. The van der Waals surface area contributed by atoms with E-state index in [0.717, 1.165) is 6.20 Å². The van der Waals surface area contributed by atoms with Gasteiger partial charge in [-0.25, -0.2) is 4.39 Å². The second-order valence-electron chi connectivity index (χ2n) is 3.34. The summed E-state index contributed by atoms with van der Waals surface area (Å²) in [4.78, 5) is 3.50. The summed E-state index contributed by atoms with van der Waals surface area (Å²) in [6.07, 6.45) is 2.14. The predicted octanol–water partition coefficient (Wildman–Crippen LogP) is 1.11. The van der Waals surface area contributed by atoms with Crippen molar-refractivity contribution in [3.05, 3.63) is 42.2 Å². The third-order valence-electron chi connectivity index (χ3n) is 2.07. The highest BCUT2D eigenvalue weighted by molar-refractivity contribution is 7.92. The van der Waals surface area contributed by atoms with E-state index in [1.165, 1.54) is 24.4 Å². The van der Waals surface area contributed by atoms with Crippen molar-refractivity contribution in [1.82, 2.24) is 4.98 Å². The molecule has 18 heavy (non-hydrogen) atoms. The molecule has 0 fully saturated rings. The van der Waals surface area contributed by atoms with E-state index in [9.17, 15) is 12.8 Å². The number of rotatable bonds is 4. The van der Waals surface area contributed by atoms with Gasteiger partial charge in [-0.15, -0.1) is 0 Å². The molecule has 0 unspecified atom stereocenters. The van der Waals surface area contributed by atoms with Crippen LogP contribution in [0.15, 0.2) is 40.1 Å². The van der Waals surface area contributed by atoms with Crippen molar-refractivity contribution in [3.63, 3.8) is 0 Å². The number of hydrogen-bond donors (Lipinski definition) is 2. The molecule has 0 saturated heterocycles. The van der Waals surface area contributed by atoms with E-state index in [1.807, 2.05) is 4.72 Å². The average Bonchev–Trinajstić information content (AvgIpc) is 2.81. The second-order valence-corrected chi connectivity index (χ2v) is 4.95. The lowest BCUT2D eigenvalue weighted by atomic mass is 10.4. The molecule has 0 amide bonds. The fourth-order valence-electron chi connectivity index (χ4n) is 1.24. The molecular weight excluding hydrogens is 263 g/mol. The van der Waals surface area contributed by atoms with Crippen LogP contribution in [0, 0.1) is 5.82 Å². The topological polar surface area (TPSA) is 92.4 Å². The fraction of sp³-hybridized carbons (Fsp3) is 0.100. The number of furan rings is 1. The van der Waals surface area contributed by atoms with Crippen LogP contribution in [0.3, 0.4) is 0 Å². The lowest BCUT2D eigenvalue weighted by molar-refractivity contribution is 0.236. The first-order valence-corrected chi connectivity index (χ1v) is 6.33. The van der Waals surface area contributed by atoms with Gasteiger partial charge in [0.1, 0.15) is 12.4 Å². The monoisotopic (exact) mass is 272 g/mol. The molecule has 2 rings (SSSR count). The molecule has 2 aromatic heterocycles. The summed E-state index contributed by atoms with van der Waals surface area (Å²) in [5, 5.41) is 8.37. The van der Waals surface area contributed by atoms with Crippen LogP contribution in [-0.2, 0) is 16.6 Å². The maximum atomic E-state index is 13.2. The highest BCUT2D eigenvalue weighted by Crippen LogP contribution is 2.19. The fourth-order valence-corrected chi connectivity index (χ4v) is 2.26. The van der Waals surface area contributed by atoms with Gasteiger partial charge in [-0.05, 0) is 18.2 Å². The van der Waals surface area contributed by atoms with Gasteiger partial charge in [0, 0.05) is 6.20 Å². The standard InChI is InChI=1S/C10H9FN2O4S/c11-8-5-12-4-3-9(8)13-18(15,16)10-2-1-7(6-14)17-10/h1-5,14H,6H2,(H,12,13). The van der Waals surface area contributed by atoms with Gasteiger partial charge in [0.05, 0.1) is 11.9 Å². The molecule has 0 aliphatic rings. The van der Waals surface area contributed by atoms with Gasteiger partial charge in [0.2, 0.25) is 5.09 Å². The van der Waals surface area contributed by atoms with Crippen molar-refractivity contribution in [2.75, 3.05) is 4.72 Å². The Morgan fingerprint density at radius 3 is 2.78 bits per heavy atom. The molecule has 0 aliphatic carbocycles. The van der Waals surface area contributed by atoms with Crippen LogP contribution >= 0.6 is 0 Å². The molecule has 2 aromatic rings. The van der Waals surface area contributed by atoms with Gasteiger partial charge in [0.15, 0.2) is 5.82 Å². The zero-order valence-corrected chi connectivity index (χ0v) is 9.82. The largest absolute Gasteiger partial charge is 0.445 e. The molecule has 0 spiro atoms. The van der Waals surface area contributed by atoms with Gasteiger partial charge in [-0.2, -0.15) is 8.42 Å². The molecule has 0 aromatic carbocycles. The zero-order valence-electron chi connectivity index (χ0n) is 9.00. The summed E-state index contributed by atoms with van der Waals surface area (Å²) < 4.78 is 43.8. The third kappa shape index (κ3) is 2.49. The molecule has 0 radical (unpaired) electrons. The predicted molar refractivity (Wildman–Crippen MR) is 59.6 cm³/mol. The first-order valence-electron chi connectivity index (χ1n) is 4.85. The summed E-state index contributed by atoms with van der Waals surface area (Å²) in [5.41, 5.74) is -0.230. The second kappa shape index (κ2) is 4.75. The number of nitrogens with one attached hydrogen (secondary N) is 1. The van der Waals surface area contributed by atoms with Crippen LogP contribution in [-0.4, -0.2) is 18.5 Å². The number of hydrogen-bond acceptors (Lipinski definition) is 5. The Balaban J connectivity index is 2.30. The van der Waals surface area contributed by atoms with Gasteiger partial charge in [-0.1, -0.05) is 0 Å². The Bertz CT molecular complexity index is 653. The van der Waals surface area contributed by atoms with E-state index in [4.69, 9.17) is 9.52 Å². The first kappa shape index (κ1) is 12.5. The summed E-state index contributed by atoms with van der Waals surface area (Å²) >= 11 is 0. The first-order chi connectivity index (χ1) is 8.53. The quantitative estimate of drug-likeness (QED) is 0.869. The Morgan fingerprint density at radius 2 is 2.17 bits per heavy atom. The minimum atomic E-state index is -4.02. The highest BCUT2D eigenvalue weighted by atomic mass is 32.2. The molecule has 2 N–H and O–H groups in total. The Kier molecular flexibility index (Phi) is 3.30. The van der Waals surface area contributed by atoms with E-state index < -0.39 is 27.5 Å². The van der Waals surface area contributed by atoms with Crippen LogP contribution in [0.4, 0.5) is 10.1 Å². The normalized spacial score (nSPS) is 11.4. The van der Waals surface area contributed by atoms with Crippen molar-refractivity contribution >= 4 is 15.7 Å². The van der Waals surface area contributed by atoms with Gasteiger partial charge in [0.25, 0.3) is 10.0 Å². The lowest BCUT2D eigenvalue weighted by Gasteiger charge is -2.05. The van der Waals surface area contributed by atoms with Gasteiger partial charge >= 0.3 is 0 Å².